The van der Waals surface area contributed by atoms with Crippen LogP contribution >= 0.6 is 0 Å². The van der Waals surface area contributed by atoms with Gasteiger partial charge in [-0.15, -0.1) is 0 Å². The molecule has 0 aliphatic carbocycles. The molecule has 0 saturated carbocycles. The molecule has 0 atom stereocenters. The second-order valence-corrected chi connectivity index (χ2v) is 9.65. The maximum atomic E-state index is 11.4. The largest absolute Gasteiger partial charge is 0.285 e. The summed E-state index contributed by atoms with van der Waals surface area (Å²) in [5.74, 6) is 0. The van der Waals surface area contributed by atoms with E-state index in [9.17, 15) is 16.8 Å². The third-order valence-electron chi connectivity index (χ3n) is 2.55. The Bertz CT molecular complexity index is 386. The molecule has 0 aliphatic rings. The molecule has 92 valence electrons. The van der Waals surface area contributed by atoms with Gasteiger partial charge >= 0.3 is 0 Å². The molecule has 0 radical (unpaired) electrons. The summed E-state index contributed by atoms with van der Waals surface area (Å²) in [7, 11) is -7.63. The molecule has 0 rings (SSSR count). The normalized spacial score (nSPS) is 15.3. The summed E-state index contributed by atoms with van der Waals surface area (Å²) in [6, 6.07) is 0. The SMILES string of the molecule is CC(C)(CC(C)(C)S(=O)(=O)O)S(C)(=O)=O. The highest BCUT2D eigenvalue weighted by atomic mass is 32.2. The highest BCUT2D eigenvalue weighted by Gasteiger charge is 2.42. The molecular formula is C8H18O5S2. The van der Waals surface area contributed by atoms with Crippen LogP contribution in [0.3, 0.4) is 0 Å². The minimum atomic E-state index is -4.26. The first kappa shape index (κ1) is 14.9. The van der Waals surface area contributed by atoms with Crippen molar-refractivity contribution in [2.24, 2.45) is 0 Å². The van der Waals surface area contributed by atoms with Crippen molar-refractivity contribution in [2.75, 3.05) is 6.26 Å². The molecule has 0 saturated heterocycles. The zero-order valence-corrected chi connectivity index (χ0v) is 11.2. The lowest BCUT2D eigenvalue weighted by atomic mass is 9.99. The van der Waals surface area contributed by atoms with Gasteiger partial charge in [-0.2, -0.15) is 8.42 Å². The first-order valence-corrected chi connectivity index (χ1v) is 7.70. The molecule has 1 N–H and O–H groups in total. The second kappa shape index (κ2) is 3.71. The predicted octanol–water partition coefficient (Wildman–Crippen LogP) is 0.866. The van der Waals surface area contributed by atoms with Crippen LogP contribution in [0.1, 0.15) is 34.1 Å². The molecule has 0 spiro atoms. The Hall–Kier alpha value is -0.140. The molecule has 7 heteroatoms. The fourth-order valence-electron chi connectivity index (χ4n) is 1.25. The Balaban J connectivity index is 5.25. The van der Waals surface area contributed by atoms with Crippen molar-refractivity contribution in [3.05, 3.63) is 0 Å². The summed E-state index contributed by atoms with van der Waals surface area (Å²) in [5.41, 5.74) is 0. The monoisotopic (exact) mass is 258 g/mol. The standard InChI is InChI=1S/C8H18O5S2/c1-7(2,14(5,9)10)6-8(3,4)15(11,12)13/h6H2,1-5H3,(H,11,12,13). The Kier molecular flexibility index (Phi) is 3.67. The molecule has 0 fully saturated rings. The quantitative estimate of drug-likeness (QED) is 0.756. The van der Waals surface area contributed by atoms with Crippen molar-refractivity contribution in [1.29, 1.82) is 0 Å². The van der Waals surface area contributed by atoms with Crippen molar-refractivity contribution < 1.29 is 21.4 Å². The average molecular weight is 258 g/mol. The van der Waals surface area contributed by atoms with Crippen molar-refractivity contribution in [3.8, 4) is 0 Å². The molecule has 5 nitrogen and oxygen atoms in total. The van der Waals surface area contributed by atoms with Gasteiger partial charge in [0.15, 0.2) is 9.84 Å². The Morgan fingerprint density at radius 3 is 1.47 bits per heavy atom. The van der Waals surface area contributed by atoms with Gasteiger partial charge in [0.05, 0.1) is 9.49 Å². The van der Waals surface area contributed by atoms with Crippen LogP contribution in [0, 0.1) is 0 Å². The number of hydrogen-bond acceptors (Lipinski definition) is 4. The number of rotatable bonds is 4. The highest BCUT2D eigenvalue weighted by molar-refractivity contribution is 7.92. The Labute approximate surface area is 91.5 Å². The van der Waals surface area contributed by atoms with Crippen LogP contribution in [-0.4, -0.2) is 37.1 Å². The van der Waals surface area contributed by atoms with Gasteiger partial charge in [0.1, 0.15) is 0 Å². The Morgan fingerprint density at radius 1 is 0.933 bits per heavy atom. The van der Waals surface area contributed by atoms with E-state index < -0.39 is 29.4 Å². The van der Waals surface area contributed by atoms with Crippen molar-refractivity contribution in [2.45, 2.75) is 43.6 Å². The lowest BCUT2D eigenvalue weighted by molar-refractivity contribution is 0.408. The van der Waals surface area contributed by atoms with E-state index in [1.807, 2.05) is 0 Å². The number of sulfone groups is 1. The lowest BCUT2D eigenvalue weighted by Gasteiger charge is -2.31. The van der Waals surface area contributed by atoms with E-state index in [0.717, 1.165) is 6.26 Å². The highest BCUT2D eigenvalue weighted by Crippen LogP contribution is 2.31. The first-order chi connectivity index (χ1) is 6.21. The maximum absolute atomic E-state index is 11.4. The van der Waals surface area contributed by atoms with E-state index in [1.165, 1.54) is 27.7 Å². The molecule has 0 bridgehead atoms. The minimum absolute atomic E-state index is 0.155. The van der Waals surface area contributed by atoms with E-state index in [1.54, 1.807) is 0 Å². The van der Waals surface area contributed by atoms with Crippen LogP contribution in [0.5, 0.6) is 0 Å². The fourth-order valence-corrected chi connectivity index (χ4v) is 2.51. The van der Waals surface area contributed by atoms with Gasteiger partial charge in [0, 0.05) is 6.26 Å². The van der Waals surface area contributed by atoms with E-state index in [-0.39, 0.29) is 6.42 Å². The van der Waals surface area contributed by atoms with E-state index in [2.05, 4.69) is 0 Å². The van der Waals surface area contributed by atoms with Gasteiger partial charge in [-0.05, 0) is 34.1 Å². The zero-order chi connectivity index (χ0) is 12.7. The van der Waals surface area contributed by atoms with Gasteiger partial charge in [-0.3, -0.25) is 4.55 Å². The second-order valence-electron chi connectivity index (χ2n) is 4.94. The maximum Gasteiger partial charge on any atom is 0.270 e. The van der Waals surface area contributed by atoms with E-state index >= 15 is 0 Å². The Morgan fingerprint density at radius 2 is 1.27 bits per heavy atom. The summed E-state index contributed by atoms with van der Waals surface area (Å²) in [4.78, 5) is 0. The van der Waals surface area contributed by atoms with E-state index in [0.29, 0.717) is 0 Å². The number of hydrogen-bond donors (Lipinski definition) is 1. The van der Waals surface area contributed by atoms with Crippen LogP contribution < -0.4 is 0 Å². The fraction of sp³-hybridized carbons (Fsp3) is 1.00. The van der Waals surface area contributed by atoms with Crippen LogP contribution in [-0.2, 0) is 20.0 Å². The van der Waals surface area contributed by atoms with Gasteiger partial charge in [0.25, 0.3) is 10.1 Å². The summed E-state index contributed by atoms with van der Waals surface area (Å²) in [5, 5.41) is 0. The molecule has 0 unspecified atom stereocenters. The summed E-state index contributed by atoms with van der Waals surface area (Å²) < 4.78 is 51.1. The van der Waals surface area contributed by atoms with Crippen LogP contribution in [0.25, 0.3) is 0 Å². The smallest absolute Gasteiger partial charge is 0.270 e. The minimum Gasteiger partial charge on any atom is -0.285 e. The van der Waals surface area contributed by atoms with Gasteiger partial charge in [0.2, 0.25) is 0 Å². The van der Waals surface area contributed by atoms with Crippen LogP contribution in [0.2, 0.25) is 0 Å². The third-order valence-corrected chi connectivity index (χ3v) is 6.25. The molecule has 0 aromatic heterocycles. The molecule has 0 aliphatic heterocycles. The summed E-state index contributed by atoms with van der Waals surface area (Å²) in [6.07, 6.45) is 0.894. The molecule has 0 heterocycles. The third kappa shape index (κ3) is 3.42. The lowest BCUT2D eigenvalue weighted by Crippen LogP contribution is -2.43. The molecule has 15 heavy (non-hydrogen) atoms. The van der Waals surface area contributed by atoms with Crippen LogP contribution in [0.4, 0.5) is 0 Å². The molecule has 0 amide bonds. The van der Waals surface area contributed by atoms with Gasteiger partial charge in [-0.25, -0.2) is 8.42 Å². The van der Waals surface area contributed by atoms with Gasteiger partial charge in [-0.1, -0.05) is 0 Å². The molecular weight excluding hydrogens is 240 g/mol. The zero-order valence-electron chi connectivity index (χ0n) is 9.60. The summed E-state index contributed by atoms with van der Waals surface area (Å²) >= 11 is 0. The van der Waals surface area contributed by atoms with Gasteiger partial charge < -0.3 is 0 Å². The summed E-state index contributed by atoms with van der Waals surface area (Å²) in [6.45, 7) is 5.48. The predicted molar refractivity (Wildman–Crippen MR) is 59.2 cm³/mol. The van der Waals surface area contributed by atoms with Crippen LogP contribution in [0.15, 0.2) is 0 Å². The van der Waals surface area contributed by atoms with Crippen molar-refractivity contribution in [1.82, 2.24) is 0 Å². The topological polar surface area (TPSA) is 88.5 Å². The average Bonchev–Trinajstić information content (AvgIpc) is 1.77. The van der Waals surface area contributed by atoms with Crippen molar-refractivity contribution >= 4 is 20.0 Å². The molecule has 0 aromatic rings. The van der Waals surface area contributed by atoms with E-state index in [4.69, 9.17) is 4.55 Å². The van der Waals surface area contributed by atoms with Crippen molar-refractivity contribution in [3.63, 3.8) is 0 Å². The first-order valence-electron chi connectivity index (χ1n) is 4.37. The molecule has 0 aromatic carbocycles.